The molecule has 170 valence electrons. The van der Waals surface area contributed by atoms with Crippen LogP contribution in [0.2, 0.25) is 0 Å². The second-order valence-corrected chi connectivity index (χ2v) is 9.46. The molecule has 2 aliphatic rings. The van der Waals surface area contributed by atoms with Crippen LogP contribution in [-0.2, 0) is 17.6 Å². The van der Waals surface area contributed by atoms with E-state index < -0.39 is 5.91 Å². The zero-order chi connectivity index (χ0) is 23.8. The quantitative estimate of drug-likeness (QED) is 0.418. The Hall–Kier alpha value is -4.01. The number of anilines is 1. The predicted molar refractivity (Wildman–Crippen MR) is 129 cm³/mol. The highest BCUT2D eigenvalue weighted by Crippen LogP contribution is 2.38. The Balaban J connectivity index is 1.45. The number of amides is 1. The van der Waals surface area contributed by atoms with Crippen LogP contribution in [0, 0.1) is 36.5 Å². The average Bonchev–Trinajstić information content (AvgIpc) is 3.51. The van der Waals surface area contributed by atoms with Crippen molar-refractivity contribution in [1.82, 2.24) is 4.57 Å². The van der Waals surface area contributed by atoms with E-state index in [1.807, 2.05) is 48.7 Å². The number of nitrogens with one attached hydrogen (secondary N) is 1. The Labute approximate surface area is 201 Å². The molecule has 3 heterocycles. The summed E-state index contributed by atoms with van der Waals surface area (Å²) in [6.45, 7) is 4.12. The molecule has 34 heavy (non-hydrogen) atoms. The number of rotatable bonds is 4. The fourth-order valence-corrected chi connectivity index (χ4v) is 5.84. The van der Waals surface area contributed by atoms with E-state index in [0.717, 1.165) is 58.8 Å². The lowest BCUT2D eigenvalue weighted by atomic mass is 9.96. The van der Waals surface area contributed by atoms with Crippen LogP contribution in [0.25, 0.3) is 11.8 Å². The van der Waals surface area contributed by atoms with Gasteiger partial charge in [-0.1, -0.05) is 0 Å². The van der Waals surface area contributed by atoms with E-state index in [0.29, 0.717) is 22.1 Å². The van der Waals surface area contributed by atoms with E-state index in [2.05, 4.69) is 11.4 Å². The van der Waals surface area contributed by atoms with E-state index in [1.54, 1.807) is 6.08 Å². The maximum Gasteiger partial charge on any atom is 0.266 e. The van der Waals surface area contributed by atoms with Gasteiger partial charge in [0.15, 0.2) is 11.5 Å². The van der Waals surface area contributed by atoms with Gasteiger partial charge in [0.1, 0.15) is 22.7 Å². The number of nitriles is 2. The Kier molecular flexibility index (Phi) is 5.61. The van der Waals surface area contributed by atoms with E-state index in [9.17, 15) is 15.3 Å². The van der Waals surface area contributed by atoms with Crippen LogP contribution < -0.4 is 14.8 Å². The monoisotopic (exact) mass is 470 g/mol. The number of nitrogens with zero attached hydrogens (tertiary/aromatic N) is 3. The minimum atomic E-state index is -0.509. The van der Waals surface area contributed by atoms with Crippen LogP contribution in [0.5, 0.6) is 11.5 Å². The average molecular weight is 471 g/mol. The summed E-state index contributed by atoms with van der Waals surface area (Å²) in [7, 11) is 0. The highest BCUT2D eigenvalue weighted by molar-refractivity contribution is 7.16. The molecule has 3 aromatic rings. The summed E-state index contributed by atoms with van der Waals surface area (Å²) >= 11 is 1.45. The Morgan fingerprint density at radius 2 is 1.94 bits per heavy atom. The molecule has 0 spiro atoms. The lowest BCUT2D eigenvalue weighted by molar-refractivity contribution is -0.112. The van der Waals surface area contributed by atoms with Crippen LogP contribution in [-0.4, -0.2) is 17.3 Å². The number of benzene rings is 1. The molecule has 0 saturated heterocycles. The molecular formula is C26H22N4O3S. The summed E-state index contributed by atoms with van der Waals surface area (Å²) in [5.74, 6) is 0.887. The lowest BCUT2D eigenvalue weighted by Crippen LogP contribution is -2.13. The normalized spacial score (nSPS) is 14.3. The van der Waals surface area contributed by atoms with Crippen molar-refractivity contribution in [3.05, 3.63) is 62.8 Å². The number of fused-ring (bicyclic) bond motifs is 2. The molecular weight excluding hydrogens is 448 g/mol. The third-order valence-corrected chi connectivity index (χ3v) is 7.47. The first-order valence-corrected chi connectivity index (χ1v) is 11.9. The number of thiophene rings is 1. The molecule has 0 fully saturated rings. The molecule has 1 aliphatic heterocycles. The first-order valence-electron chi connectivity index (χ1n) is 11.1. The number of hydrogen-bond acceptors (Lipinski definition) is 6. The van der Waals surface area contributed by atoms with Crippen molar-refractivity contribution in [2.75, 3.05) is 12.1 Å². The first-order chi connectivity index (χ1) is 16.5. The van der Waals surface area contributed by atoms with Crippen molar-refractivity contribution in [2.45, 2.75) is 39.5 Å². The molecule has 1 amide bonds. The van der Waals surface area contributed by atoms with Crippen LogP contribution >= 0.6 is 11.3 Å². The Morgan fingerprint density at radius 1 is 1.15 bits per heavy atom. The number of hydrogen-bond donors (Lipinski definition) is 1. The smallest absolute Gasteiger partial charge is 0.266 e. The van der Waals surface area contributed by atoms with E-state index in [-0.39, 0.29) is 12.4 Å². The molecule has 8 heteroatoms. The van der Waals surface area contributed by atoms with Crippen LogP contribution in [0.1, 0.15) is 45.8 Å². The number of ether oxygens (including phenoxy) is 2. The zero-order valence-corrected chi connectivity index (χ0v) is 19.7. The van der Waals surface area contributed by atoms with Gasteiger partial charge >= 0.3 is 0 Å². The van der Waals surface area contributed by atoms with Gasteiger partial charge in [-0.3, -0.25) is 4.79 Å². The van der Waals surface area contributed by atoms with Crippen molar-refractivity contribution in [3.63, 3.8) is 0 Å². The summed E-state index contributed by atoms with van der Waals surface area (Å²) < 4.78 is 12.9. The third-order valence-electron chi connectivity index (χ3n) is 6.26. The van der Waals surface area contributed by atoms with Crippen molar-refractivity contribution in [3.8, 4) is 29.3 Å². The van der Waals surface area contributed by atoms with Gasteiger partial charge in [-0.25, -0.2) is 0 Å². The third kappa shape index (κ3) is 3.72. The Bertz CT molecular complexity index is 1430. The molecule has 1 aliphatic carbocycles. The summed E-state index contributed by atoms with van der Waals surface area (Å²) in [5.41, 5.74) is 5.09. The summed E-state index contributed by atoms with van der Waals surface area (Å²) in [6, 6.07) is 11.9. The maximum atomic E-state index is 13.0. The van der Waals surface area contributed by atoms with Gasteiger partial charge in [0, 0.05) is 28.0 Å². The molecule has 2 aromatic heterocycles. The molecule has 1 aromatic carbocycles. The Morgan fingerprint density at radius 3 is 2.74 bits per heavy atom. The second-order valence-electron chi connectivity index (χ2n) is 8.35. The predicted octanol–water partition coefficient (Wildman–Crippen LogP) is 5.18. The summed E-state index contributed by atoms with van der Waals surface area (Å²) in [5, 5.41) is 22.7. The van der Waals surface area contributed by atoms with Crippen LogP contribution in [0.4, 0.5) is 5.00 Å². The van der Waals surface area contributed by atoms with Gasteiger partial charge in [-0.05, 0) is 74.9 Å². The molecule has 0 bridgehead atoms. The van der Waals surface area contributed by atoms with Gasteiger partial charge < -0.3 is 19.4 Å². The minimum Gasteiger partial charge on any atom is -0.454 e. The maximum absolute atomic E-state index is 13.0. The number of aromatic nitrogens is 1. The largest absolute Gasteiger partial charge is 0.454 e. The number of aryl methyl sites for hydroxylation is 2. The van der Waals surface area contributed by atoms with Crippen molar-refractivity contribution >= 4 is 28.3 Å². The van der Waals surface area contributed by atoms with Gasteiger partial charge in [-0.2, -0.15) is 10.5 Å². The minimum absolute atomic E-state index is 0.0128. The van der Waals surface area contributed by atoms with Crippen molar-refractivity contribution in [1.29, 1.82) is 10.5 Å². The molecule has 5 rings (SSSR count). The summed E-state index contributed by atoms with van der Waals surface area (Å²) in [6.07, 6.45) is 5.53. The molecule has 0 atom stereocenters. The van der Waals surface area contributed by atoms with E-state index in [1.165, 1.54) is 11.3 Å². The number of carbonyl (C=O) groups is 1. The van der Waals surface area contributed by atoms with Gasteiger partial charge in [0.2, 0.25) is 6.79 Å². The summed E-state index contributed by atoms with van der Waals surface area (Å²) in [4.78, 5) is 14.1. The van der Waals surface area contributed by atoms with E-state index in [4.69, 9.17) is 9.47 Å². The lowest BCUT2D eigenvalue weighted by Gasteiger charge is -2.10. The van der Waals surface area contributed by atoms with Crippen LogP contribution in [0.3, 0.4) is 0 Å². The SMILES string of the molecule is Cc1cc(/C=C(\C#N)C(=O)Nc2sc3c(c2C#N)CCCC3)c(C)n1-c1ccc2c(c1)OCO2. The molecule has 7 nitrogen and oxygen atoms in total. The molecule has 0 radical (unpaired) electrons. The molecule has 0 unspecified atom stereocenters. The highest BCUT2D eigenvalue weighted by atomic mass is 32.1. The molecule has 1 N–H and O–H groups in total. The fourth-order valence-electron chi connectivity index (χ4n) is 4.60. The standard InChI is InChI=1S/C26H22N4O3S/c1-15-9-17(16(2)30(15)19-7-8-22-23(11-19)33-14-32-22)10-18(12-27)25(31)29-26-21(13-28)20-5-3-4-6-24(20)34-26/h7-11H,3-6,14H2,1-2H3,(H,29,31)/b18-10+. The zero-order valence-electron chi connectivity index (χ0n) is 18.9. The second kappa shape index (κ2) is 8.74. The van der Waals surface area contributed by atoms with Crippen molar-refractivity contribution < 1.29 is 14.3 Å². The van der Waals surface area contributed by atoms with Gasteiger partial charge in [0.05, 0.1) is 5.56 Å². The number of carbonyl (C=O) groups excluding carboxylic acids is 1. The van der Waals surface area contributed by atoms with Gasteiger partial charge in [0.25, 0.3) is 5.91 Å². The van der Waals surface area contributed by atoms with Gasteiger partial charge in [-0.15, -0.1) is 11.3 Å². The topological polar surface area (TPSA) is 100 Å². The van der Waals surface area contributed by atoms with E-state index >= 15 is 0 Å². The first kappa shape index (κ1) is 21.8. The van der Waals surface area contributed by atoms with Crippen molar-refractivity contribution in [2.24, 2.45) is 0 Å². The molecule has 0 saturated carbocycles. The fraction of sp³-hybridized carbons (Fsp3) is 0.269. The van der Waals surface area contributed by atoms with Crippen LogP contribution in [0.15, 0.2) is 29.8 Å². The highest BCUT2D eigenvalue weighted by Gasteiger charge is 2.23.